The third-order valence-corrected chi connectivity index (χ3v) is 3.96. The molecule has 1 aliphatic carbocycles. The summed E-state index contributed by atoms with van der Waals surface area (Å²) in [5, 5.41) is 1.30. The molecule has 82 valence electrons. The molecule has 0 atom stereocenters. The van der Waals surface area contributed by atoms with Crippen LogP contribution in [0.4, 0.5) is 0 Å². The summed E-state index contributed by atoms with van der Waals surface area (Å²) in [4.78, 5) is 0. The minimum Gasteiger partial charge on any atom is -0.330 e. The van der Waals surface area contributed by atoms with Gasteiger partial charge in [-0.05, 0) is 55.3 Å². The largest absolute Gasteiger partial charge is 0.330 e. The third-order valence-electron chi connectivity index (χ3n) is 3.23. The number of halogens is 2. The van der Waals surface area contributed by atoms with Crippen molar-refractivity contribution in [1.29, 1.82) is 0 Å². The molecule has 0 aliphatic heterocycles. The predicted octanol–water partition coefficient (Wildman–Crippen LogP) is 3.84. The second-order valence-electron chi connectivity index (χ2n) is 4.29. The van der Waals surface area contributed by atoms with Gasteiger partial charge in [0.25, 0.3) is 0 Å². The number of hydrogen-bond donors (Lipinski definition) is 1. The van der Waals surface area contributed by atoms with Crippen molar-refractivity contribution in [3.05, 3.63) is 33.8 Å². The molecule has 0 bridgehead atoms. The van der Waals surface area contributed by atoms with Crippen molar-refractivity contribution >= 4 is 23.2 Å². The molecule has 0 spiro atoms. The maximum atomic E-state index is 5.98. The highest BCUT2D eigenvalue weighted by atomic mass is 35.5. The smallest absolute Gasteiger partial charge is 0.0595 e. The molecule has 3 heteroatoms. The van der Waals surface area contributed by atoms with E-state index in [1.165, 1.54) is 18.4 Å². The highest BCUT2D eigenvalue weighted by Crippen LogP contribution is 2.44. The lowest BCUT2D eigenvalue weighted by atomic mass is 9.70. The Morgan fingerprint density at radius 1 is 1.20 bits per heavy atom. The molecule has 1 aliphatic rings. The second-order valence-corrected chi connectivity index (χ2v) is 5.10. The molecule has 2 rings (SSSR count). The average molecular weight is 244 g/mol. The maximum Gasteiger partial charge on any atom is 0.0595 e. The molecule has 1 nitrogen and oxygen atoms in total. The minimum absolute atomic E-state index is 0.637. The Morgan fingerprint density at radius 3 is 2.53 bits per heavy atom. The van der Waals surface area contributed by atoms with Gasteiger partial charge in [0.15, 0.2) is 0 Å². The summed E-state index contributed by atoms with van der Waals surface area (Å²) in [6.45, 7) is 0.804. The van der Waals surface area contributed by atoms with E-state index >= 15 is 0 Å². The van der Waals surface area contributed by atoms with Crippen molar-refractivity contribution in [3.63, 3.8) is 0 Å². The van der Waals surface area contributed by atoms with Crippen molar-refractivity contribution < 1.29 is 0 Å². The van der Waals surface area contributed by atoms with Crippen LogP contribution in [0.15, 0.2) is 18.2 Å². The fourth-order valence-electron chi connectivity index (χ4n) is 2.25. The van der Waals surface area contributed by atoms with Crippen LogP contribution in [0.1, 0.15) is 30.7 Å². The van der Waals surface area contributed by atoms with Crippen LogP contribution in [0.3, 0.4) is 0 Å². The van der Waals surface area contributed by atoms with Gasteiger partial charge in [0.05, 0.1) is 10.0 Å². The molecule has 1 aromatic carbocycles. The first-order valence-corrected chi connectivity index (χ1v) is 6.11. The molecule has 0 heterocycles. The van der Waals surface area contributed by atoms with E-state index in [0.717, 1.165) is 18.9 Å². The van der Waals surface area contributed by atoms with Crippen LogP contribution in [-0.4, -0.2) is 6.54 Å². The van der Waals surface area contributed by atoms with Crippen molar-refractivity contribution in [2.24, 2.45) is 11.7 Å². The lowest BCUT2D eigenvalue weighted by Gasteiger charge is -2.35. The van der Waals surface area contributed by atoms with Gasteiger partial charge in [-0.25, -0.2) is 0 Å². The van der Waals surface area contributed by atoms with E-state index < -0.39 is 0 Å². The van der Waals surface area contributed by atoms with Crippen molar-refractivity contribution in [1.82, 2.24) is 0 Å². The summed E-state index contributed by atoms with van der Waals surface area (Å²) >= 11 is 11.9. The van der Waals surface area contributed by atoms with E-state index in [1.54, 1.807) is 0 Å². The molecule has 1 aromatic rings. The van der Waals surface area contributed by atoms with Crippen molar-refractivity contribution in [2.75, 3.05) is 6.54 Å². The van der Waals surface area contributed by atoms with E-state index in [0.29, 0.717) is 16.0 Å². The van der Waals surface area contributed by atoms with Gasteiger partial charge in [-0.15, -0.1) is 0 Å². The van der Waals surface area contributed by atoms with Crippen LogP contribution in [0.25, 0.3) is 0 Å². The van der Waals surface area contributed by atoms with Gasteiger partial charge >= 0.3 is 0 Å². The van der Waals surface area contributed by atoms with Gasteiger partial charge in [0.2, 0.25) is 0 Å². The van der Waals surface area contributed by atoms with Gasteiger partial charge in [0.1, 0.15) is 0 Å². The zero-order valence-corrected chi connectivity index (χ0v) is 10.1. The molecule has 0 amide bonds. The van der Waals surface area contributed by atoms with E-state index in [9.17, 15) is 0 Å². The first-order chi connectivity index (χ1) is 7.20. The Balaban J connectivity index is 1.98. The van der Waals surface area contributed by atoms with Gasteiger partial charge in [-0.3, -0.25) is 0 Å². The molecule has 0 unspecified atom stereocenters. The first kappa shape index (κ1) is 11.3. The van der Waals surface area contributed by atoms with Crippen molar-refractivity contribution in [3.8, 4) is 0 Å². The molecule has 1 saturated carbocycles. The fraction of sp³-hybridized carbons (Fsp3) is 0.500. The molecule has 0 aromatic heterocycles. The van der Waals surface area contributed by atoms with Crippen LogP contribution in [0.2, 0.25) is 10.0 Å². The molecule has 0 radical (unpaired) electrons. The monoisotopic (exact) mass is 243 g/mol. The summed E-state index contributed by atoms with van der Waals surface area (Å²) in [5.74, 6) is 1.48. The van der Waals surface area contributed by atoms with E-state index in [4.69, 9.17) is 28.9 Å². The highest BCUT2D eigenvalue weighted by Gasteiger charge is 2.29. The molecular formula is C12H15Cl2N. The second kappa shape index (κ2) is 4.73. The summed E-state index contributed by atoms with van der Waals surface area (Å²) < 4.78 is 0. The number of hydrogen-bond acceptors (Lipinski definition) is 1. The van der Waals surface area contributed by atoms with Crippen LogP contribution in [-0.2, 0) is 0 Å². The minimum atomic E-state index is 0.637. The van der Waals surface area contributed by atoms with E-state index in [-0.39, 0.29) is 0 Å². The summed E-state index contributed by atoms with van der Waals surface area (Å²) in [6, 6.07) is 5.96. The Morgan fingerprint density at radius 2 is 1.93 bits per heavy atom. The first-order valence-electron chi connectivity index (χ1n) is 5.35. The molecule has 15 heavy (non-hydrogen) atoms. The number of nitrogens with two attached hydrogens (primary N) is 1. The topological polar surface area (TPSA) is 26.0 Å². The molecular weight excluding hydrogens is 229 g/mol. The Kier molecular flexibility index (Phi) is 3.55. The van der Waals surface area contributed by atoms with Gasteiger partial charge in [-0.1, -0.05) is 29.3 Å². The molecule has 0 saturated heterocycles. The predicted molar refractivity (Wildman–Crippen MR) is 65.6 cm³/mol. The van der Waals surface area contributed by atoms with Crippen LogP contribution in [0.5, 0.6) is 0 Å². The van der Waals surface area contributed by atoms with Gasteiger partial charge in [0, 0.05) is 0 Å². The van der Waals surface area contributed by atoms with E-state index in [1.807, 2.05) is 12.1 Å². The molecule has 1 fully saturated rings. The Hall–Kier alpha value is -0.240. The maximum absolute atomic E-state index is 5.98. The quantitative estimate of drug-likeness (QED) is 0.858. The van der Waals surface area contributed by atoms with Crippen molar-refractivity contribution in [2.45, 2.75) is 25.2 Å². The zero-order valence-electron chi connectivity index (χ0n) is 8.55. The standard InChI is InChI=1S/C12H15Cl2N/c13-11-2-1-9(7-12(11)14)10-5-8(6-10)3-4-15/h1-2,7-8,10H,3-6,15H2. The zero-order chi connectivity index (χ0) is 10.8. The van der Waals surface area contributed by atoms with Crippen LogP contribution >= 0.6 is 23.2 Å². The normalized spacial score (nSPS) is 25.0. The average Bonchev–Trinajstić information content (AvgIpc) is 2.16. The van der Waals surface area contributed by atoms with E-state index in [2.05, 4.69) is 6.07 Å². The van der Waals surface area contributed by atoms with Gasteiger partial charge in [-0.2, -0.15) is 0 Å². The van der Waals surface area contributed by atoms with Crippen LogP contribution in [0, 0.1) is 5.92 Å². The number of benzene rings is 1. The SMILES string of the molecule is NCCC1CC(c2ccc(Cl)c(Cl)c2)C1. The molecule has 2 N–H and O–H groups in total. The lowest BCUT2D eigenvalue weighted by molar-refractivity contribution is 0.251. The van der Waals surface area contributed by atoms with Crippen LogP contribution < -0.4 is 5.73 Å². The lowest BCUT2D eigenvalue weighted by Crippen LogP contribution is -2.24. The Bertz CT molecular complexity index is 345. The summed E-state index contributed by atoms with van der Waals surface area (Å²) in [6.07, 6.45) is 3.64. The van der Waals surface area contributed by atoms with Gasteiger partial charge < -0.3 is 5.73 Å². The fourth-order valence-corrected chi connectivity index (χ4v) is 2.55. The summed E-state index contributed by atoms with van der Waals surface area (Å²) in [7, 11) is 0. The Labute approximate surface area is 101 Å². The summed E-state index contributed by atoms with van der Waals surface area (Å²) in [5.41, 5.74) is 6.85. The third kappa shape index (κ3) is 2.47. The number of rotatable bonds is 3. The highest BCUT2D eigenvalue weighted by molar-refractivity contribution is 6.42.